The van der Waals surface area contributed by atoms with E-state index in [0.717, 1.165) is 5.56 Å². The van der Waals surface area contributed by atoms with Gasteiger partial charge in [-0.25, -0.2) is 9.59 Å². The van der Waals surface area contributed by atoms with Crippen molar-refractivity contribution in [2.75, 3.05) is 19.0 Å². The third-order valence-electron chi connectivity index (χ3n) is 4.31. The van der Waals surface area contributed by atoms with Crippen LogP contribution in [0.4, 0.5) is 10.5 Å². The summed E-state index contributed by atoms with van der Waals surface area (Å²) in [4.78, 5) is 37.7. The molecule has 1 heterocycles. The molecule has 3 amide bonds. The fourth-order valence-corrected chi connectivity index (χ4v) is 3.02. The zero-order chi connectivity index (χ0) is 19.2. The fourth-order valence-electron chi connectivity index (χ4n) is 3.02. The number of amides is 3. The molecule has 7 heteroatoms. The Balaban J connectivity index is 1.54. The van der Waals surface area contributed by atoms with Crippen LogP contribution in [-0.2, 0) is 16.1 Å². The number of hydrogen-bond acceptors (Lipinski definition) is 4. The maximum Gasteiger partial charge on any atom is 0.337 e. The summed E-state index contributed by atoms with van der Waals surface area (Å²) in [5.74, 6) is -0.464. The monoisotopic (exact) mass is 367 g/mol. The van der Waals surface area contributed by atoms with Crippen molar-refractivity contribution in [2.45, 2.75) is 19.0 Å². The molecule has 3 rings (SSSR count). The predicted molar refractivity (Wildman–Crippen MR) is 100 cm³/mol. The van der Waals surface area contributed by atoms with Gasteiger partial charge >= 0.3 is 12.0 Å². The van der Waals surface area contributed by atoms with Crippen molar-refractivity contribution < 1.29 is 19.1 Å². The number of urea groups is 1. The maximum absolute atomic E-state index is 12.2. The Morgan fingerprint density at radius 3 is 2.67 bits per heavy atom. The lowest BCUT2D eigenvalue weighted by atomic mass is 10.2. The third-order valence-corrected chi connectivity index (χ3v) is 4.31. The Hall–Kier alpha value is -3.35. The maximum atomic E-state index is 12.2. The van der Waals surface area contributed by atoms with Crippen LogP contribution in [0.3, 0.4) is 0 Å². The first-order chi connectivity index (χ1) is 13.0. The Morgan fingerprint density at radius 1 is 1.15 bits per heavy atom. The van der Waals surface area contributed by atoms with Crippen LogP contribution in [0.2, 0.25) is 0 Å². The molecule has 0 radical (unpaired) electrons. The molecule has 1 unspecified atom stereocenters. The lowest BCUT2D eigenvalue weighted by Crippen LogP contribution is -2.39. The number of esters is 1. The van der Waals surface area contributed by atoms with Crippen molar-refractivity contribution in [3.05, 3.63) is 65.7 Å². The van der Waals surface area contributed by atoms with Crippen molar-refractivity contribution in [3.63, 3.8) is 0 Å². The molecule has 140 valence electrons. The summed E-state index contributed by atoms with van der Waals surface area (Å²) in [6.45, 7) is 0.990. The summed E-state index contributed by atoms with van der Waals surface area (Å²) < 4.78 is 4.67. The van der Waals surface area contributed by atoms with E-state index >= 15 is 0 Å². The van der Waals surface area contributed by atoms with Gasteiger partial charge in [0.2, 0.25) is 5.91 Å². The lowest BCUT2D eigenvalue weighted by molar-refractivity contribution is -0.128. The van der Waals surface area contributed by atoms with Crippen molar-refractivity contribution in [3.8, 4) is 0 Å². The van der Waals surface area contributed by atoms with E-state index in [2.05, 4.69) is 15.4 Å². The van der Waals surface area contributed by atoms with Gasteiger partial charge in [-0.3, -0.25) is 4.79 Å². The Labute approximate surface area is 157 Å². The second-order valence-corrected chi connectivity index (χ2v) is 6.33. The number of methoxy groups -OCH3 is 1. The van der Waals surface area contributed by atoms with Crippen LogP contribution in [0, 0.1) is 0 Å². The summed E-state index contributed by atoms with van der Waals surface area (Å²) in [6, 6.07) is 15.5. The molecule has 1 aliphatic rings. The number of benzene rings is 2. The van der Waals surface area contributed by atoms with Crippen LogP contribution in [0.15, 0.2) is 54.6 Å². The molecule has 1 aliphatic heterocycles. The summed E-state index contributed by atoms with van der Waals surface area (Å²) in [6.07, 6.45) is 0.266. The second-order valence-electron chi connectivity index (χ2n) is 6.33. The van der Waals surface area contributed by atoms with Crippen molar-refractivity contribution in [1.29, 1.82) is 0 Å². The number of rotatable bonds is 5. The summed E-state index contributed by atoms with van der Waals surface area (Å²) in [7, 11) is 1.30. The van der Waals surface area contributed by atoms with Gasteiger partial charge in [-0.2, -0.15) is 0 Å². The Bertz CT molecular complexity index is 838. The highest BCUT2D eigenvalue weighted by atomic mass is 16.5. The number of carbonyl (C=O) groups is 3. The molecule has 0 spiro atoms. The predicted octanol–water partition coefficient (Wildman–Crippen LogP) is 2.40. The third kappa shape index (κ3) is 4.84. The van der Waals surface area contributed by atoms with E-state index in [1.165, 1.54) is 13.2 Å². The quantitative estimate of drug-likeness (QED) is 0.795. The lowest BCUT2D eigenvalue weighted by Gasteiger charge is -2.17. The van der Waals surface area contributed by atoms with Crippen LogP contribution in [-0.4, -0.2) is 42.5 Å². The average molecular weight is 367 g/mol. The summed E-state index contributed by atoms with van der Waals surface area (Å²) in [5, 5.41) is 5.49. The van der Waals surface area contributed by atoms with Crippen LogP contribution in [0.1, 0.15) is 22.3 Å². The van der Waals surface area contributed by atoms with Gasteiger partial charge in [0, 0.05) is 25.2 Å². The van der Waals surface area contributed by atoms with E-state index in [1.54, 1.807) is 23.1 Å². The van der Waals surface area contributed by atoms with Gasteiger partial charge in [0.15, 0.2) is 0 Å². The van der Waals surface area contributed by atoms with Crippen LogP contribution in [0.5, 0.6) is 0 Å². The molecule has 1 saturated heterocycles. The van der Waals surface area contributed by atoms with E-state index < -0.39 is 12.0 Å². The molecule has 2 N–H and O–H groups in total. The van der Waals surface area contributed by atoms with Crippen LogP contribution in [0.25, 0.3) is 0 Å². The van der Waals surface area contributed by atoms with Crippen molar-refractivity contribution in [1.82, 2.24) is 10.2 Å². The minimum Gasteiger partial charge on any atom is -0.465 e. The molecule has 0 saturated carbocycles. The largest absolute Gasteiger partial charge is 0.465 e. The van der Waals surface area contributed by atoms with Gasteiger partial charge in [0.25, 0.3) is 0 Å². The van der Waals surface area contributed by atoms with Gasteiger partial charge in [0.05, 0.1) is 18.7 Å². The number of ether oxygens (including phenoxy) is 1. The van der Waals surface area contributed by atoms with E-state index in [9.17, 15) is 14.4 Å². The highest BCUT2D eigenvalue weighted by Crippen LogP contribution is 2.16. The first-order valence-corrected chi connectivity index (χ1v) is 8.63. The molecule has 2 aromatic carbocycles. The zero-order valence-electron chi connectivity index (χ0n) is 15.0. The number of carbonyl (C=O) groups excluding carboxylic acids is 3. The molecular formula is C20H21N3O4. The number of likely N-dealkylation sites (tertiary alicyclic amines) is 1. The Kier molecular flexibility index (Phi) is 5.71. The molecule has 0 bridgehead atoms. The first-order valence-electron chi connectivity index (χ1n) is 8.63. The average Bonchev–Trinajstić information content (AvgIpc) is 3.00. The van der Waals surface area contributed by atoms with E-state index in [4.69, 9.17) is 0 Å². The minimum absolute atomic E-state index is 0.0110. The molecular weight excluding hydrogens is 346 g/mol. The fraction of sp³-hybridized carbons (Fsp3) is 0.250. The first kappa shape index (κ1) is 18.4. The molecule has 0 aromatic heterocycles. The molecule has 2 aromatic rings. The molecule has 7 nitrogen and oxygen atoms in total. The molecule has 1 atom stereocenters. The van der Waals surface area contributed by atoms with Crippen LogP contribution < -0.4 is 10.6 Å². The Morgan fingerprint density at radius 2 is 1.93 bits per heavy atom. The SMILES string of the molecule is COC(=O)c1cccc(NC(=O)NC2CC(=O)N(Cc3ccccc3)C2)c1. The van der Waals surface area contributed by atoms with Crippen molar-refractivity contribution in [2.24, 2.45) is 0 Å². The molecule has 1 fully saturated rings. The van der Waals surface area contributed by atoms with Gasteiger partial charge in [-0.05, 0) is 23.8 Å². The molecule has 0 aliphatic carbocycles. The summed E-state index contributed by atoms with van der Waals surface area (Å²) >= 11 is 0. The van der Waals surface area contributed by atoms with Gasteiger partial charge in [0.1, 0.15) is 0 Å². The minimum atomic E-state index is -0.475. The summed E-state index contributed by atoms with van der Waals surface area (Å²) in [5.41, 5.74) is 1.87. The number of nitrogens with zero attached hydrogens (tertiary/aromatic N) is 1. The highest BCUT2D eigenvalue weighted by molar-refractivity contribution is 5.94. The number of anilines is 1. The topological polar surface area (TPSA) is 87.7 Å². The van der Waals surface area contributed by atoms with Crippen molar-refractivity contribution >= 4 is 23.6 Å². The smallest absolute Gasteiger partial charge is 0.337 e. The standard InChI is InChI=1S/C20H21N3O4/c1-27-19(25)15-8-5-9-16(10-15)21-20(26)22-17-11-18(24)23(13-17)12-14-6-3-2-4-7-14/h2-10,17H,11-13H2,1H3,(H2,21,22,26). The van der Waals surface area contributed by atoms with E-state index in [1.807, 2.05) is 30.3 Å². The van der Waals surface area contributed by atoms with Crippen LogP contribution >= 0.6 is 0 Å². The van der Waals surface area contributed by atoms with E-state index in [-0.39, 0.29) is 18.4 Å². The van der Waals surface area contributed by atoms with Gasteiger partial charge in [-0.15, -0.1) is 0 Å². The zero-order valence-corrected chi connectivity index (χ0v) is 15.0. The van der Waals surface area contributed by atoms with Gasteiger partial charge in [-0.1, -0.05) is 36.4 Å². The number of hydrogen-bond donors (Lipinski definition) is 2. The van der Waals surface area contributed by atoms with Gasteiger partial charge < -0.3 is 20.3 Å². The normalized spacial score (nSPS) is 16.1. The van der Waals surface area contributed by atoms with E-state index in [0.29, 0.717) is 24.3 Å². The second kappa shape index (κ2) is 8.35. The highest BCUT2D eigenvalue weighted by Gasteiger charge is 2.30. The number of nitrogens with one attached hydrogen (secondary N) is 2. The molecule has 27 heavy (non-hydrogen) atoms.